The van der Waals surface area contributed by atoms with Crippen LogP contribution in [0.25, 0.3) is 0 Å². The van der Waals surface area contributed by atoms with Gasteiger partial charge in [0.25, 0.3) is 0 Å². The lowest BCUT2D eigenvalue weighted by atomic mass is 10.1. The highest BCUT2D eigenvalue weighted by atomic mass is 19.3. The van der Waals surface area contributed by atoms with E-state index in [4.69, 9.17) is 10.2 Å². The molecule has 0 radical (unpaired) electrons. The monoisotopic (exact) mass is 203 g/mol. The second kappa shape index (κ2) is 3.67. The lowest BCUT2D eigenvalue weighted by molar-refractivity contribution is -0.182. The summed E-state index contributed by atoms with van der Waals surface area (Å²) in [6, 6.07) is 2.25. The van der Waals surface area contributed by atoms with Gasteiger partial charge in [-0.1, -0.05) is 0 Å². The molecule has 14 heavy (non-hydrogen) atoms. The number of halogens is 2. The second-order valence-electron chi connectivity index (χ2n) is 2.61. The molecule has 76 valence electrons. The average Bonchev–Trinajstić information content (AvgIpc) is 2.17. The Morgan fingerprint density at radius 2 is 1.93 bits per heavy atom. The number of alkyl halides is 2. The Kier molecular flexibility index (Phi) is 2.76. The highest BCUT2D eigenvalue weighted by Gasteiger charge is 2.47. The number of aliphatic hydroxyl groups is 1. The molecule has 0 aromatic carbocycles. The van der Waals surface area contributed by atoms with Crippen LogP contribution >= 0.6 is 0 Å². The number of nitrogens with zero attached hydrogens (tertiary/aromatic N) is 1. The highest BCUT2D eigenvalue weighted by Crippen LogP contribution is 2.30. The van der Waals surface area contributed by atoms with Crippen molar-refractivity contribution >= 4 is 5.97 Å². The van der Waals surface area contributed by atoms with Crippen LogP contribution in [-0.4, -0.2) is 27.1 Å². The maximum atomic E-state index is 12.8. The maximum absolute atomic E-state index is 12.8. The Morgan fingerprint density at radius 1 is 1.43 bits per heavy atom. The predicted molar refractivity (Wildman–Crippen MR) is 41.8 cm³/mol. The molecular weight excluding hydrogens is 196 g/mol. The van der Waals surface area contributed by atoms with Crippen molar-refractivity contribution in [2.24, 2.45) is 0 Å². The first kappa shape index (κ1) is 10.5. The Morgan fingerprint density at radius 3 is 2.36 bits per heavy atom. The van der Waals surface area contributed by atoms with Gasteiger partial charge in [0.05, 0.1) is 0 Å². The molecule has 1 rings (SSSR count). The third-order valence-electron chi connectivity index (χ3n) is 1.65. The van der Waals surface area contributed by atoms with Crippen molar-refractivity contribution < 1.29 is 23.8 Å². The van der Waals surface area contributed by atoms with Gasteiger partial charge in [-0.25, -0.2) is 4.79 Å². The molecule has 0 aliphatic heterocycles. The lowest BCUT2D eigenvalue weighted by Crippen LogP contribution is -2.35. The zero-order valence-electron chi connectivity index (χ0n) is 6.89. The van der Waals surface area contributed by atoms with Crippen LogP contribution in [0.4, 0.5) is 8.78 Å². The highest BCUT2D eigenvalue weighted by molar-refractivity contribution is 5.76. The number of aliphatic carboxylic acids is 1. The quantitative estimate of drug-likeness (QED) is 0.763. The fourth-order valence-corrected chi connectivity index (χ4v) is 0.872. The van der Waals surface area contributed by atoms with Crippen molar-refractivity contribution in [3.05, 3.63) is 30.1 Å². The largest absolute Gasteiger partial charge is 0.477 e. The number of carbonyl (C=O) groups is 1. The van der Waals surface area contributed by atoms with Crippen molar-refractivity contribution in [1.29, 1.82) is 0 Å². The van der Waals surface area contributed by atoms with Gasteiger partial charge in [0.15, 0.2) is 6.10 Å². The summed E-state index contributed by atoms with van der Waals surface area (Å²) >= 11 is 0. The van der Waals surface area contributed by atoms with E-state index >= 15 is 0 Å². The van der Waals surface area contributed by atoms with Crippen LogP contribution in [0.1, 0.15) is 11.7 Å². The van der Waals surface area contributed by atoms with E-state index in [9.17, 15) is 13.6 Å². The summed E-state index contributed by atoms with van der Waals surface area (Å²) in [5.41, 5.74) is -0.188. The van der Waals surface area contributed by atoms with Gasteiger partial charge in [-0.15, -0.1) is 0 Å². The van der Waals surface area contributed by atoms with Crippen LogP contribution < -0.4 is 0 Å². The van der Waals surface area contributed by atoms with Crippen molar-refractivity contribution in [2.45, 2.75) is 12.0 Å². The van der Waals surface area contributed by atoms with Crippen molar-refractivity contribution in [3.8, 4) is 0 Å². The molecule has 0 amide bonds. The first-order valence-corrected chi connectivity index (χ1v) is 3.65. The third-order valence-corrected chi connectivity index (χ3v) is 1.65. The van der Waals surface area contributed by atoms with Gasteiger partial charge in [0.2, 0.25) is 0 Å². The molecule has 0 saturated heterocycles. The van der Waals surface area contributed by atoms with E-state index < -0.39 is 18.0 Å². The van der Waals surface area contributed by atoms with Crippen LogP contribution in [0.3, 0.4) is 0 Å². The SMILES string of the molecule is O=C(O)C(F)(F)C(O)c1ccncc1. The molecule has 1 unspecified atom stereocenters. The minimum Gasteiger partial charge on any atom is -0.477 e. The summed E-state index contributed by atoms with van der Waals surface area (Å²) in [6.45, 7) is 0. The fraction of sp³-hybridized carbons (Fsp3) is 0.250. The summed E-state index contributed by atoms with van der Waals surface area (Å²) < 4.78 is 25.5. The number of pyridine rings is 1. The fourth-order valence-electron chi connectivity index (χ4n) is 0.872. The predicted octanol–water partition coefficient (Wildman–Crippen LogP) is 0.835. The van der Waals surface area contributed by atoms with E-state index in [2.05, 4.69) is 4.98 Å². The van der Waals surface area contributed by atoms with E-state index in [1.165, 1.54) is 12.4 Å². The zero-order valence-corrected chi connectivity index (χ0v) is 6.89. The summed E-state index contributed by atoms with van der Waals surface area (Å²) in [5, 5.41) is 17.2. The van der Waals surface area contributed by atoms with E-state index in [1.807, 2.05) is 0 Å². The number of aliphatic hydroxyl groups excluding tert-OH is 1. The standard InChI is InChI=1S/C8H7F2NO3/c9-8(10,7(13)14)6(12)5-1-3-11-4-2-5/h1-4,6,12H,(H,13,14). The van der Waals surface area contributed by atoms with Crippen LogP contribution in [0.5, 0.6) is 0 Å². The third kappa shape index (κ3) is 1.85. The molecule has 0 aliphatic carbocycles. The van der Waals surface area contributed by atoms with Gasteiger partial charge >= 0.3 is 11.9 Å². The minimum absolute atomic E-state index is 0.188. The molecule has 1 aromatic rings. The summed E-state index contributed by atoms with van der Waals surface area (Å²) in [6.07, 6.45) is 0.0236. The number of carboxylic acids is 1. The molecule has 0 fully saturated rings. The molecule has 2 N–H and O–H groups in total. The molecular formula is C8H7F2NO3. The molecule has 1 heterocycles. The van der Waals surface area contributed by atoms with Crippen LogP contribution in [-0.2, 0) is 4.79 Å². The zero-order chi connectivity index (χ0) is 10.8. The Bertz CT molecular complexity index is 329. The summed E-state index contributed by atoms with van der Waals surface area (Å²) in [5.74, 6) is -6.55. The molecule has 6 heteroatoms. The second-order valence-corrected chi connectivity index (χ2v) is 2.61. The maximum Gasteiger partial charge on any atom is 0.377 e. The number of rotatable bonds is 3. The minimum atomic E-state index is -4.19. The van der Waals surface area contributed by atoms with Gasteiger partial charge in [0, 0.05) is 12.4 Å². The molecule has 1 aromatic heterocycles. The Hall–Kier alpha value is -1.56. The molecule has 1 atom stereocenters. The lowest BCUT2D eigenvalue weighted by Gasteiger charge is -2.17. The van der Waals surface area contributed by atoms with Gasteiger partial charge in [-0.2, -0.15) is 8.78 Å². The van der Waals surface area contributed by atoms with Crippen molar-refractivity contribution in [3.63, 3.8) is 0 Å². The smallest absolute Gasteiger partial charge is 0.377 e. The molecule has 0 spiro atoms. The van der Waals surface area contributed by atoms with Gasteiger partial charge in [0.1, 0.15) is 0 Å². The number of aromatic nitrogens is 1. The van der Waals surface area contributed by atoms with E-state index in [-0.39, 0.29) is 5.56 Å². The topological polar surface area (TPSA) is 70.4 Å². The molecule has 0 saturated carbocycles. The Labute approximate surface area is 77.8 Å². The van der Waals surface area contributed by atoms with Crippen molar-refractivity contribution in [2.75, 3.05) is 0 Å². The first-order chi connectivity index (χ1) is 6.46. The van der Waals surface area contributed by atoms with E-state index in [0.29, 0.717) is 0 Å². The number of hydrogen-bond acceptors (Lipinski definition) is 3. The van der Waals surface area contributed by atoms with Crippen molar-refractivity contribution in [1.82, 2.24) is 4.98 Å². The van der Waals surface area contributed by atoms with Gasteiger partial charge < -0.3 is 10.2 Å². The Balaban J connectivity index is 2.96. The molecule has 0 bridgehead atoms. The summed E-state index contributed by atoms with van der Waals surface area (Å²) in [7, 11) is 0. The van der Waals surface area contributed by atoms with Gasteiger partial charge in [-0.05, 0) is 17.7 Å². The van der Waals surface area contributed by atoms with Crippen LogP contribution in [0.15, 0.2) is 24.5 Å². The van der Waals surface area contributed by atoms with Crippen LogP contribution in [0.2, 0.25) is 0 Å². The van der Waals surface area contributed by atoms with E-state index in [1.54, 1.807) is 0 Å². The number of carboxylic acid groups (broad SMARTS) is 1. The average molecular weight is 203 g/mol. The normalized spacial score (nSPS) is 13.6. The van der Waals surface area contributed by atoms with E-state index in [0.717, 1.165) is 12.1 Å². The molecule has 4 nitrogen and oxygen atoms in total. The van der Waals surface area contributed by atoms with Crippen LogP contribution in [0, 0.1) is 0 Å². The first-order valence-electron chi connectivity index (χ1n) is 3.65. The summed E-state index contributed by atoms with van der Waals surface area (Å²) in [4.78, 5) is 13.7. The van der Waals surface area contributed by atoms with Gasteiger partial charge in [-0.3, -0.25) is 4.98 Å². The number of hydrogen-bond donors (Lipinski definition) is 2. The molecule has 0 aliphatic rings.